The second kappa shape index (κ2) is 6.62. The molecule has 0 spiro atoms. The van der Waals surface area contributed by atoms with Gasteiger partial charge in [0.05, 0.1) is 30.0 Å². The fourth-order valence-electron chi connectivity index (χ4n) is 1.95. The summed E-state index contributed by atoms with van der Waals surface area (Å²) >= 11 is 0. The smallest absolute Gasteiger partial charge is 0.277 e. The van der Waals surface area contributed by atoms with Gasteiger partial charge in [-0.1, -0.05) is 30.3 Å². The topological polar surface area (TPSA) is 68.0 Å². The first kappa shape index (κ1) is 16.0. The van der Waals surface area contributed by atoms with Crippen LogP contribution in [0.2, 0.25) is 0 Å². The van der Waals surface area contributed by atoms with Crippen molar-refractivity contribution in [2.45, 2.75) is 12.8 Å². The van der Waals surface area contributed by atoms with Gasteiger partial charge in [-0.2, -0.15) is 0 Å². The number of hydrogen-bond acceptors (Lipinski definition) is 3. The molecule has 0 fully saturated rings. The molecule has 1 aromatic carbocycles. The van der Waals surface area contributed by atoms with Crippen LogP contribution in [-0.2, 0) is 0 Å². The number of nitrogens with one attached hydrogen (secondary N) is 1. The molecule has 0 saturated heterocycles. The molecular weight excluding hydrogens is 288 g/mol. The molecule has 0 saturated carbocycles. The molecule has 0 aliphatic heterocycles. The molecule has 6 heteroatoms. The zero-order valence-electron chi connectivity index (χ0n) is 12.1. The van der Waals surface area contributed by atoms with E-state index >= 15 is 0 Å². The van der Waals surface area contributed by atoms with E-state index < -0.39 is 24.9 Å². The van der Waals surface area contributed by atoms with Gasteiger partial charge < -0.3 is 11.1 Å². The summed E-state index contributed by atoms with van der Waals surface area (Å²) in [6, 6.07) is 12.8. The molecule has 0 unspecified atom stereocenters. The summed E-state index contributed by atoms with van der Waals surface area (Å²) in [5, 5.41) is 2.18. The number of halogens is 2. The van der Waals surface area contributed by atoms with E-state index in [0.29, 0.717) is 5.69 Å². The summed E-state index contributed by atoms with van der Waals surface area (Å²) < 4.78 is 26.1. The minimum atomic E-state index is -3.11. The first-order chi connectivity index (χ1) is 10.4. The van der Waals surface area contributed by atoms with Gasteiger partial charge in [0.15, 0.2) is 0 Å². The van der Waals surface area contributed by atoms with Crippen molar-refractivity contribution in [3.63, 3.8) is 0 Å². The number of alkyl halides is 2. The first-order valence-corrected chi connectivity index (χ1v) is 6.82. The van der Waals surface area contributed by atoms with Gasteiger partial charge in [-0.05, 0) is 19.1 Å². The second-order valence-electron chi connectivity index (χ2n) is 4.94. The number of nitrogens with two attached hydrogens (primary N) is 1. The Labute approximate surface area is 127 Å². The van der Waals surface area contributed by atoms with Crippen molar-refractivity contribution >= 4 is 5.91 Å². The lowest BCUT2D eigenvalue weighted by molar-refractivity contribution is 0.0118. The van der Waals surface area contributed by atoms with Crippen LogP contribution in [0, 0.1) is 6.92 Å². The Morgan fingerprint density at radius 1 is 1.23 bits per heavy atom. The zero-order valence-corrected chi connectivity index (χ0v) is 12.1. The van der Waals surface area contributed by atoms with Crippen LogP contribution in [0.25, 0.3) is 11.3 Å². The summed E-state index contributed by atoms with van der Waals surface area (Å²) in [5.41, 5.74) is 7.33. The summed E-state index contributed by atoms with van der Waals surface area (Å²) in [7, 11) is 0. The van der Waals surface area contributed by atoms with Crippen LogP contribution in [0.4, 0.5) is 8.78 Å². The molecule has 1 aromatic heterocycles. The predicted octanol–water partition coefficient (Wildman–Crippen LogP) is 2.38. The number of rotatable bonds is 5. The molecule has 0 radical (unpaired) electrons. The summed E-state index contributed by atoms with van der Waals surface area (Å²) in [6.07, 6.45) is 0. The number of carbonyl (C=O) groups is 1. The Balaban J connectivity index is 2.15. The van der Waals surface area contributed by atoms with Crippen LogP contribution in [0.1, 0.15) is 16.1 Å². The molecule has 22 heavy (non-hydrogen) atoms. The third kappa shape index (κ3) is 3.85. The maximum Gasteiger partial charge on any atom is 0.277 e. The molecule has 116 valence electrons. The van der Waals surface area contributed by atoms with Crippen molar-refractivity contribution in [1.82, 2.24) is 10.3 Å². The molecule has 1 amide bonds. The van der Waals surface area contributed by atoms with Crippen LogP contribution in [0.3, 0.4) is 0 Å². The van der Waals surface area contributed by atoms with E-state index in [-0.39, 0.29) is 5.56 Å². The lowest BCUT2D eigenvalue weighted by atomic mass is 10.1. The average molecular weight is 305 g/mol. The summed E-state index contributed by atoms with van der Waals surface area (Å²) in [4.78, 5) is 16.3. The van der Waals surface area contributed by atoms with E-state index in [0.717, 1.165) is 11.3 Å². The molecule has 0 aliphatic rings. The average Bonchev–Trinajstić information content (AvgIpc) is 2.53. The molecular formula is C16H17F2N3O. The Morgan fingerprint density at radius 2 is 1.91 bits per heavy atom. The fourth-order valence-corrected chi connectivity index (χ4v) is 1.95. The highest BCUT2D eigenvalue weighted by atomic mass is 19.3. The number of pyridine rings is 1. The molecule has 4 nitrogen and oxygen atoms in total. The predicted molar refractivity (Wildman–Crippen MR) is 80.7 cm³/mol. The minimum absolute atomic E-state index is 0.271. The van der Waals surface area contributed by atoms with E-state index in [9.17, 15) is 13.6 Å². The maximum absolute atomic E-state index is 13.1. The first-order valence-electron chi connectivity index (χ1n) is 6.82. The Hall–Kier alpha value is -2.34. The van der Waals surface area contributed by atoms with Crippen LogP contribution < -0.4 is 11.1 Å². The standard InChI is InChI=1S/C16H17F2N3O/c1-11-13(15(22)20-10-16(17,18)9-19)7-8-14(21-11)12-5-3-2-4-6-12/h2-8H,9-10,19H2,1H3,(H,20,22). The number of aryl methyl sites for hydroxylation is 1. The number of hydrogen-bond donors (Lipinski definition) is 2. The van der Waals surface area contributed by atoms with Crippen molar-refractivity contribution in [3.05, 3.63) is 53.7 Å². The van der Waals surface area contributed by atoms with Gasteiger partial charge in [0.1, 0.15) is 0 Å². The molecule has 2 aromatic rings. The van der Waals surface area contributed by atoms with Crippen LogP contribution >= 0.6 is 0 Å². The number of nitrogens with zero attached hydrogens (tertiary/aromatic N) is 1. The van der Waals surface area contributed by atoms with Crippen molar-refractivity contribution < 1.29 is 13.6 Å². The highest BCUT2D eigenvalue weighted by Gasteiger charge is 2.27. The molecule has 0 aliphatic carbocycles. The van der Waals surface area contributed by atoms with Gasteiger partial charge in [-0.3, -0.25) is 9.78 Å². The van der Waals surface area contributed by atoms with Gasteiger partial charge in [0.2, 0.25) is 0 Å². The molecule has 3 N–H and O–H groups in total. The third-order valence-corrected chi connectivity index (χ3v) is 3.21. The van der Waals surface area contributed by atoms with Gasteiger partial charge in [0, 0.05) is 5.56 Å². The molecule has 0 atom stereocenters. The maximum atomic E-state index is 13.1. The Morgan fingerprint density at radius 3 is 2.50 bits per heavy atom. The summed E-state index contributed by atoms with van der Waals surface area (Å²) in [6.45, 7) is 0.0715. The molecule has 2 rings (SSSR count). The van der Waals surface area contributed by atoms with Crippen LogP contribution in [0.5, 0.6) is 0 Å². The SMILES string of the molecule is Cc1nc(-c2ccccc2)ccc1C(=O)NCC(F)(F)CN. The normalized spacial score (nSPS) is 11.3. The fraction of sp³-hybridized carbons (Fsp3) is 0.250. The van der Waals surface area contributed by atoms with Gasteiger partial charge in [-0.25, -0.2) is 8.78 Å². The van der Waals surface area contributed by atoms with Gasteiger partial charge in [0.25, 0.3) is 11.8 Å². The van der Waals surface area contributed by atoms with E-state index in [4.69, 9.17) is 5.73 Å². The van der Waals surface area contributed by atoms with Gasteiger partial charge in [-0.15, -0.1) is 0 Å². The van der Waals surface area contributed by atoms with E-state index in [1.807, 2.05) is 30.3 Å². The highest BCUT2D eigenvalue weighted by Crippen LogP contribution is 2.18. The Bertz CT molecular complexity index is 660. The summed E-state index contributed by atoms with van der Waals surface area (Å²) in [5.74, 6) is -3.70. The Kier molecular flexibility index (Phi) is 4.82. The van der Waals surface area contributed by atoms with Crippen molar-refractivity contribution in [3.8, 4) is 11.3 Å². The number of amides is 1. The number of aromatic nitrogens is 1. The van der Waals surface area contributed by atoms with Crippen LogP contribution in [0.15, 0.2) is 42.5 Å². The quantitative estimate of drug-likeness (QED) is 0.891. The van der Waals surface area contributed by atoms with Crippen LogP contribution in [-0.4, -0.2) is 29.9 Å². The zero-order chi connectivity index (χ0) is 16.2. The lowest BCUT2D eigenvalue weighted by Gasteiger charge is -2.15. The van der Waals surface area contributed by atoms with E-state index in [1.165, 1.54) is 0 Å². The van der Waals surface area contributed by atoms with E-state index in [2.05, 4.69) is 10.3 Å². The minimum Gasteiger partial charge on any atom is -0.346 e. The monoisotopic (exact) mass is 305 g/mol. The van der Waals surface area contributed by atoms with Gasteiger partial charge >= 0.3 is 0 Å². The van der Waals surface area contributed by atoms with Crippen molar-refractivity contribution in [2.24, 2.45) is 5.73 Å². The number of carbonyl (C=O) groups excluding carboxylic acids is 1. The van der Waals surface area contributed by atoms with E-state index in [1.54, 1.807) is 19.1 Å². The van der Waals surface area contributed by atoms with Crippen molar-refractivity contribution in [1.29, 1.82) is 0 Å². The third-order valence-electron chi connectivity index (χ3n) is 3.21. The lowest BCUT2D eigenvalue weighted by Crippen LogP contribution is -2.41. The number of benzene rings is 1. The largest absolute Gasteiger partial charge is 0.346 e. The van der Waals surface area contributed by atoms with Crippen molar-refractivity contribution in [2.75, 3.05) is 13.1 Å². The second-order valence-corrected chi connectivity index (χ2v) is 4.94. The molecule has 1 heterocycles. The molecule has 0 bridgehead atoms. The highest BCUT2D eigenvalue weighted by molar-refractivity contribution is 5.95.